The summed E-state index contributed by atoms with van der Waals surface area (Å²) in [6.45, 7) is 21.5. The highest BCUT2D eigenvalue weighted by Gasteiger charge is 2.20. The van der Waals surface area contributed by atoms with Crippen molar-refractivity contribution in [2.24, 2.45) is 5.73 Å². The second-order valence-corrected chi connectivity index (χ2v) is 11.2. The van der Waals surface area contributed by atoms with Crippen LogP contribution in [0.5, 0.6) is 5.75 Å². The van der Waals surface area contributed by atoms with E-state index >= 15 is 0 Å². The predicted molar refractivity (Wildman–Crippen MR) is 179 cm³/mol. The van der Waals surface area contributed by atoms with Crippen LogP contribution in [-0.2, 0) is 24.3 Å². The molecule has 0 aliphatic rings. The number of hydrogen-bond acceptors (Lipinski definition) is 6. The fraction of sp³-hybridized carbons (Fsp3) is 0.528. The molecule has 0 saturated carbocycles. The van der Waals surface area contributed by atoms with Gasteiger partial charge in [0, 0.05) is 19.2 Å². The van der Waals surface area contributed by atoms with E-state index in [9.17, 15) is 0 Å². The Hall–Kier alpha value is -3.13. The Bertz CT molecular complexity index is 1210. The van der Waals surface area contributed by atoms with Gasteiger partial charge in [-0.15, -0.1) is 0 Å². The van der Waals surface area contributed by atoms with Crippen LogP contribution < -0.4 is 10.5 Å². The lowest BCUT2D eigenvalue weighted by Crippen LogP contribution is -2.26. The van der Waals surface area contributed by atoms with Gasteiger partial charge >= 0.3 is 0 Å². The SMILES string of the molecule is CCN(CC)CCCO/C(C)=C/c1c(C)nc([C@H](N)Cc2ccc(OCc3ccccc3)cc2)n1CCCN(CC)CC. The Labute approximate surface area is 260 Å². The van der Waals surface area contributed by atoms with Crippen molar-refractivity contribution in [2.75, 3.05) is 45.9 Å². The van der Waals surface area contributed by atoms with Crippen molar-refractivity contribution >= 4 is 6.08 Å². The van der Waals surface area contributed by atoms with Gasteiger partial charge in [0.15, 0.2) is 0 Å². The van der Waals surface area contributed by atoms with Gasteiger partial charge in [0.1, 0.15) is 18.2 Å². The monoisotopic (exact) mass is 589 g/mol. The third kappa shape index (κ3) is 11.1. The Kier molecular flexibility index (Phi) is 14.8. The van der Waals surface area contributed by atoms with Crippen LogP contribution in [-0.4, -0.2) is 65.2 Å². The van der Waals surface area contributed by atoms with Crippen molar-refractivity contribution in [2.45, 2.75) is 80.0 Å². The van der Waals surface area contributed by atoms with Crippen molar-refractivity contribution in [1.29, 1.82) is 0 Å². The van der Waals surface area contributed by atoms with Crippen LogP contribution in [0.4, 0.5) is 0 Å². The van der Waals surface area contributed by atoms with Crippen molar-refractivity contribution in [3.8, 4) is 5.75 Å². The Morgan fingerprint density at radius 2 is 1.51 bits per heavy atom. The Morgan fingerprint density at radius 1 is 0.884 bits per heavy atom. The molecule has 3 aromatic rings. The molecule has 7 heteroatoms. The number of hydrogen-bond donors (Lipinski definition) is 1. The molecular formula is C36H55N5O2. The van der Waals surface area contributed by atoms with E-state index in [4.69, 9.17) is 20.2 Å². The fourth-order valence-corrected chi connectivity index (χ4v) is 5.40. The van der Waals surface area contributed by atoms with Crippen molar-refractivity contribution in [3.05, 3.63) is 88.7 Å². The summed E-state index contributed by atoms with van der Waals surface area (Å²) < 4.78 is 14.4. The van der Waals surface area contributed by atoms with E-state index in [0.717, 1.165) is 92.9 Å². The summed E-state index contributed by atoms with van der Waals surface area (Å²) in [5.74, 6) is 2.70. The van der Waals surface area contributed by atoms with E-state index in [0.29, 0.717) is 19.6 Å². The van der Waals surface area contributed by atoms with Crippen LogP contribution >= 0.6 is 0 Å². The average Bonchev–Trinajstić information content (AvgIpc) is 3.33. The summed E-state index contributed by atoms with van der Waals surface area (Å²) in [5, 5.41) is 0. The molecule has 3 rings (SSSR count). The Morgan fingerprint density at radius 3 is 2.14 bits per heavy atom. The number of nitrogens with zero attached hydrogens (tertiary/aromatic N) is 4. The normalized spacial score (nSPS) is 12.7. The summed E-state index contributed by atoms with van der Waals surface area (Å²) in [6, 6.07) is 18.3. The van der Waals surface area contributed by atoms with E-state index in [1.54, 1.807) is 0 Å². The van der Waals surface area contributed by atoms with Crippen LogP contribution in [0.25, 0.3) is 6.08 Å². The van der Waals surface area contributed by atoms with E-state index in [1.165, 1.54) is 5.56 Å². The number of rotatable bonds is 20. The lowest BCUT2D eigenvalue weighted by atomic mass is 10.1. The van der Waals surface area contributed by atoms with Crippen molar-refractivity contribution < 1.29 is 9.47 Å². The first-order valence-corrected chi connectivity index (χ1v) is 16.2. The number of benzene rings is 2. The lowest BCUT2D eigenvalue weighted by molar-refractivity contribution is 0.190. The minimum Gasteiger partial charge on any atom is -0.498 e. The summed E-state index contributed by atoms with van der Waals surface area (Å²) in [5.41, 5.74) is 11.3. The minimum atomic E-state index is -0.222. The van der Waals surface area contributed by atoms with Crippen LogP contribution in [0.2, 0.25) is 0 Å². The van der Waals surface area contributed by atoms with Crippen LogP contribution in [0.1, 0.15) is 81.8 Å². The zero-order valence-corrected chi connectivity index (χ0v) is 27.5. The molecule has 0 bridgehead atoms. The maximum absolute atomic E-state index is 6.87. The van der Waals surface area contributed by atoms with E-state index < -0.39 is 0 Å². The fourth-order valence-electron chi connectivity index (χ4n) is 5.40. The number of allylic oxidation sites excluding steroid dienone is 1. The zero-order chi connectivity index (χ0) is 31.0. The maximum atomic E-state index is 6.87. The first kappa shape index (κ1) is 34.4. The first-order valence-electron chi connectivity index (χ1n) is 16.2. The highest BCUT2D eigenvalue weighted by molar-refractivity contribution is 5.51. The van der Waals surface area contributed by atoms with Gasteiger partial charge < -0.3 is 29.6 Å². The molecule has 0 aliphatic heterocycles. The number of nitrogens with two attached hydrogens (primary N) is 1. The molecule has 7 nitrogen and oxygen atoms in total. The second kappa shape index (κ2) is 18.5. The van der Waals surface area contributed by atoms with Gasteiger partial charge in [-0.1, -0.05) is 70.2 Å². The molecule has 2 N–H and O–H groups in total. The van der Waals surface area contributed by atoms with Gasteiger partial charge in [-0.05, 0) is 89.1 Å². The largest absolute Gasteiger partial charge is 0.498 e. The molecule has 1 heterocycles. The van der Waals surface area contributed by atoms with Crippen LogP contribution in [0, 0.1) is 6.92 Å². The maximum Gasteiger partial charge on any atom is 0.126 e. The van der Waals surface area contributed by atoms with E-state index in [2.05, 4.69) is 79.3 Å². The van der Waals surface area contributed by atoms with Crippen molar-refractivity contribution in [1.82, 2.24) is 19.4 Å². The smallest absolute Gasteiger partial charge is 0.126 e. The molecule has 1 atom stereocenters. The molecule has 0 fully saturated rings. The standard InChI is InChI=1S/C36H55N5O2/c1-7-39(8-2)22-14-24-41-35(26-29(5)42-25-15-23-40(9-3)10-4)30(6)38-36(41)34(37)27-31-18-20-33(21-19-31)43-28-32-16-12-11-13-17-32/h11-13,16-21,26,34H,7-10,14-15,22-25,27-28,37H2,1-6H3/b29-26+/t34-/m1/s1. The van der Waals surface area contributed by atoms with Gasteiger partial charge in [-0.25, -0.2) is 4.98 Å². The van der Waals surface area contributed by atoms with Gasteiger partial charge in [-0.3, -0.25) is 0 Å². The van der Waals surface area contributed by atoms with Crippen LogP contribution in [0.3, 0.4) is 0 Å². The van der Waals surface area contributed by atoms with Crippen LogP contribution in [0.15, 0.2) is 60.4 Å². The number of aromatic nitrogens is 2. The number of aryl methyl sites for hydroxylation is 1. The molecule has 0 spiro atoms. The highest BCUT2D eigenvalue weighted by Crippen LogP contribution is 2.24. The molecule has 0 unspecified atom stereocenters. The van der Waals surface area contributed by atoms with Crippen molar-refractivity contribution in [3.63, 3.8) is 0 Å². The van der Waals surface area contributed by atoms with Gasteiger partial charge in [0.2, 0.25) is 0 Å². The van der Waals surface area contributed by atoms with E-state index in [-0.39, 0.29) is 6.04 Å². The third-order valence-electron chi connectivity index (χ3n) is 8.11. The molecule has 2 aromatic carbocycles. The molecular weight excluding hydrogens is 534 g/mol. The predicted octanol–water partition coefficient (Wildman–Crippen LogP) is 6.85. The summed E-state index contributed by atoms with van der Waals surface area (Å²) in [4.78, 5) is 9.90. The van der Waals surface area contributed by atoms with Gasteiger partial charge in [0.05, 0.1) is 29.8 Å². The highest BCUT2D eigenvalue weighted by atomic mass is 16.5. The van der Waals surface area contributed by atoms with Gasteiger partial charge in [-0.2, -0.15) is 0 Å². The zero-order valence-electron chi connectivity index (χ0n) is 27.5. The quantitative estimate of drug-likeness (QED) is 0.115. The first-order chi connectivity index (χ1) is 20.9. The van der Waals surface area contributed by atoms with E-state index in [1.807, 2.05) is 37.3 Å². The second-order valence-electron chi connectivity index (χ2n) is 11.2. The molecule has 0 amide bonds. The molecule has 0 radical (unpaired) electrons. The topological polar surface area (TPSA) is 68.8 Å². The molecule has 1 aromatic heterocycles. The minimum absolute atomic E-state index is 0.222. The average molecular weight is 590 g/mol. The lowest BCUT2D eigenvalue weighted by Gasteiger charge is -2.20. The molecule has 236 valence electrons. The summed E-state index contributed by atoms with van der Waals surface area (Å²) in [7, 11) is 0. The Balaban J connectivity index is 1.71. The van der Waals surface area contributed by atoms with Gasteiger partial charge in [0.25, 0.3) is 0 Å². The number of imidazole rings is 1. The summed E-state index contributed by atoms with van der Waals surface area (Å²) >= 11 is 0. The molecule has 0 aliphatic carbocycles. The molecule has 43 heavy (non-hydrogen) atoms. The molecule has 0 saturated heterocycles. The third-order valence-corrected chi connectivity index (χ3v) is 8.11. The number of ether oxygens (including phenoxy) is 2. The summed E-state index contributed by atoms with van der Waals surface area (Å²) in [6.07, 6.45) is 4.90.